The fourth-order valence-corrected chi connectivity index (χ4v) is 2.47. The van der Waals surface area contributed by atoms with Crippen molar-refractivity contribution in [1.82, 2.24) is 15.2 Å². The Hall–Kier alpha value is -1.18. The minimum absolute atomic E-state index is 0.142. The third-order valence-corrected chi connectivity index (χ3v) is 3.72. The van der Waals surface area contributed by atoms with Gasteiger partial charge in [0.15, 0.2) is 5.82 Å². The van der Waals surface area contributed by atoms with Gasteiger partial charge in [-0.2, -0.15) is 0 Å². The van der Waals surface area contributed by atoms with E-state index in [0.717, 1.165) is 30.4 Å². The number of carbonyl (C=O) groups excluding carboxylic acids is 1. The summed E-state index contributed by atoms with van der Waals surface area (Å²) >= 11 is 3.31. The van der Waals surface area contributed by atoms with Gasteiger partial charge in [0.25, 0.3) is 5.91 Å². The summed E-state index contributed by atoms with van der Waals surface area (Å²) < 4.78 is 0.750. The number of anilines is 1. The van der Waals surface area contributed by atoms with Gasteiger partial charge in [0.05, 0.1) is 5.56 Å². The monoisotopic (exact) mass is 327 g/mol. The number of nitrogens with two attached hydrogens (primary N) is 1. The Balaban J connectivity index is 2.05. The van der Waals surface area contributed by atoms with Crippen molar-refractivity contribution in [2.45, 2.75) is 18.9 Å². The fourth-order valence-electron chi connectivity index (χ4n) is 2.14. The molecule has 0 bridgehead atoms. The van der Waals surface area contributed by atoms with Crippen LogP contribution in [0.2, 0.25) is 0 Å². The van der Waals surface area contributed by atoms with Gasteiger partial charge in [-0.3, -0.25) is 4.79 Å². The highest BCUT2D eigenvalue weighted by molar-refractivity contribution is 9.10. The van der Waals surface area contributed by atoms with E-state index in [9.17, 15) is 4.79 Å². The summed E-state index contributed by atoms with van der Waals surface area (Å²) in [7, 11) is 2.09. The van der Waals surface area contributed by atoms with E-state index in [2.05, 4.69) is 43.6 Å². The van der Waals surface area contributed by atoms with Gasteiger partial charge in [-0.1, -0.05) is 0 Å². The summed E-state index contributed by atoms with van der Waals surface area (Å²) in [5.74, 6) is 5.62. The van der Waals surface area contributed by atoms with Crippen molar-refractivity contribution < 1.29 is 4.79 Å². The minimum Gasteiger partial charge on any atom is -0.349 e. The highest BCUT2D eigenvalue weighted by Crippen LogP contribution is 2.18. The lowest BCUT2D eigenvalue weighted by atomic mass is 10.1. The summed E-state index contributed by atoms with van der Waals surface area (Å²) in [6.07, 6.45) is 3.53. The molecule has 1 aromatic heterocycles. The number of carbonyl (C=O) groups is 1. The molecule has 1 aliphatic rings. The zero-order chi connectivity index (χ0) is 13.8. The number of hydrazine groups is 1. The van der Waals surface area contributed by atoms with Gasteiger partial charge in [0.1, 0.15) is 0 Å². The van der Waals surface area contributed by atoms with Crippen molar-refractivity contribution in [2.24, 2.45) is 5.84 Å². The van der Waals surface area contributed by atoms with Crippen molar-refractivity contribution >= 4 is 27.7 Å². The van der Waals surface area contributed by atoms with Crippen molar-refractivity contribution in [3.8, 4) is 0 Å². The molecule has 2 rings (SSSR count). The number of nitrogens with zero attached hydrogens (tertiary/aromatic N) is 2. The van der Waals surface area contributed by atoms with Crippen LogP contribution in [0.15, 0.2) is 16.7 Å². The lowest BCUT2D eigenvalue weighted by molar-refractivity contribution is 0.0917. The van der Waals surface area contributed by atoms with Gasteiger partial charge in [-0.05, 0) is 55.0 Å². The van der Waals surface area contributed by atoms with Crippen molar-refractivity contribution in [3.05, 3.63) is 22.3 Å². The lowest BCUT2D eigenvalue weighted by Crippen LogP contribution is -2.43. The quantitative estimate of drug-likeness (QED) is 0.568. The molecule has 4 N–H and O–H groups in total. The number of likely N-dealkylation sites (tertiary alicyclic amines) is 1. The van der Waals surface area contributed by atoms with Crippen LogP contribution in [0.1, 0.15) is 23.2 Å². The van der Waals surface area contributed by atoms with Gasteiger partial charge in [-0.25, -0.2) is 10.8 Å². The van der Waals surface area contributed by atoms with Crippen LogP contribution < -0.4 is 16.6 Å². The van der Waals surface area contributed by atoms with Crippen LogP contribution in [0, 0.1) is 0 Å². The Morgan fingerprint density at radius 2 is 2.21 bits per heavy atom. The van der Waals surface area contributed by atoms with Gasteiger partial charge in [0, 0.05) is 16.7 Å². The molecule has 104 valence electrons. The van der Waals surface area contributed by atoms with Gasteiger partial charge in [0.2, 0.25) is 0 Å². The first-order valence-electron chi connectivity index (χ1n) is 6.21. The summed E-state index contributed by atoms with van der Waals surface area (Å²) in [5.41, 5.74) is 2.90. The molecule has 0 radical (unpaired) electrons. The molecule has 1 saturated heterocycles. The number of nitrogens with one attached hydrogen (secondary N) is 2. The number of hydrogen-bond donors (Lipinski definition) is 3. The molecule has 1 fully saturated rings. The zero-order valence-corrected chi connectivity index (χ0v) is 12.4. The van der Waals surface area contributed by atoms with E-state index >= 15 is 0 Å². The van der Waals surface area contributed by atoms with E-state index in [0.29, 0.717) is 11.4 Å². The number of nitrogen functional groups attached to an aromatic ring is 1. The van der Waals surface area contributed by atoms with Gasteiger partial charge in [-0.15, -0.1) is 0 Å². The molecule has 0 unspecified atom stereocenters. The Bertz CT molecular complexity index is 459. The summed E-state index contributed by atoms with van der Waals surface area (Å²) in [6, 6.07) is 1.93. The second kappa shape index (κ2) is 6.31. The smallest absolute Gasteiger partial charge is 0.255 e. The SMILES string of the molecule is CN1CCC(NC(=O)c2cc(Br)cnc2NN)CC1. The van der Waals surface area contributed by atoms with Gasteiger partial charge >= 0.3 is 0 Å². The topological polar surface area (TPSA) is 83.3 Å². The fraction of sp³-hybridized carbons (Fsp3) is 0.500. The average molecular weight is 328 g/mol. The number of pyridine rings is 1. The Labute approximate surface area is 120 Å². The van der Waals surface area contributed by atoms with Crippen LogP contribution in [0.5, 0.6) is 0 Å². The molecule has 0 aliphatic carbocycles. The summed E-state index contributed by atoms with van der Waals surface area (Å²) in [6.45, 7) is 2.01. The number of halogens is 1. The molecular formula is C12H18BrN5O. The van der Waals surface area contributed by atoms with E-state index in [1.165, 1.54) is 0 Å². The second-order valence-electron chi connectivity index (χ2n) is 4.75. The van der Waals surface area contributed by atoms with E-state index in [1.807, 2.05) is 0 Å². The normalized spacial score (nSPS) is 17.2. The third kappa shape index (κ3) is 3.65. The first kappa shape index (κ1) is 14.2. The molecule has 0 saturated carbocycles. The summed E-state index contributed by atoms with van der Waals surface area (Å²) in [5, 5.41) is 3.04. The molecule has 1 aromatic rings. The van der Waals surface area contributed by atoms with Crippen LogP contribution in [-0.2, 0) is 0 Å². The van der Waals surface area contributed by atoms with E-state index in [1.54, 1.807) is 12.3 Å². The highest BCUT2D eigenvalue weighted by Gasteiger charge is 2.21. The molecule has 7 heteroatoms. The van der Waals surface area contributed by atoms with Crippen molar-refractivity contribution in [2.75, 3.05) is 25.6 Å². The molecule has 19 heavy (non-hydrogen) atoms. The van der Waals surface area contributed by atoms with Gasteiger partial charge < -0.3 is 15.6 Å². The molecule has 1 aliphatic heterocycles. The Kier molecular flexibility index (Phi) is 4.73. The molecule has 6 nitrogen and oxygen atoms in total. The first-order valence-corrected chi connectivity index (χ1v) is 7.01. The van der Waals surface area contributed by atoms with E-state index in [4.69, 9.17) is 5.84 Å². The number of aromatic nitrogens is 1. The van der Waals surface area contributed by atoms with E-state index < -0.39 is 0 Å². The van der Waals surface area contributed by atoms with Crippen LogP contribution in [-0.4, -0.2) is 42.0 Å². The molecule has 2 heterocycles. The number of piperidine rings is 1. The molecular weight excluding hydrogens is 310 g/mol. The van der Waals surface area contributed by atoms with E-state index in [-0.39, 0.29) is 11.9 Å². The Morgan fingerprint density at radius 1 is 1.53 bits per heavy atom. The van der Waals surface area contributed by atoms with Crippen molar-refractivity contribution in [3.63, 3.8) is 0 Å². The molecule has 0 spiro atoms. The average Bonchev–Trinajstić information content (AvgIpc) is 2.41. The zero-order valence-electron chi connectivity index (χ0n) is 10.8. The predicted octanol–water partition coefficient (Wildman–Crippen LogP) is 0.954. The maximum atomic E-state index is 12.2. The summed E-state index contributed by atoms with van der Waals surface area (Å²) in [4.78, 5) is 18.6. The standard InChI is InChI=1S/C12H18BrN5O/c1-18-4-2-9(3-5-18)16-12(19)10-6-8(13)7-15-11(10)17-14/h6-7,9H,2-5,14H2,1H3,(H,15,17)(H,16,19). The van der Waals surface area contributed by atoms with Crippen LogP contribution in [0.25, 0.3) is 0 Å². The largest absolute Gasteiger partial charge is 0.349 e. The number of hydrogen-bond acceptors (Lipinski definition) is 5. The minimum atomic E-state index is -0.142. The highest BCUT2D eigenvalue weighted by atomic mass is 79.9. The molecule has 0 atom stereocenters. The Morgan fingerprint density at radius 3 is 2.84 bits per heavy atom. The maximum Gasteiger partial charge on any atom is 0.255 e. The molecule has 1 amide bonds. The van der Waals surface area contributed by atoms with Crippen LogP contribution in [0.3, 0.4) is 0 Å². The van der Waals surface area contributed by atoms with Crippen LogP contribution >= 0.6 is 15.9 Å². The number of amides is 1. The lowest BCUT2D eigenvalue weighted by Gasteiger charge is -2.29. The second-order valence-corrected chi connectivity index (χ2v) is 5.66. The first-order chi connectivity index (χ1) is 9.10. The van der Waals surface area contributed by atoms with Crippen LogP contribution in [0.4, 0.5) is 5.82 Å². The third-order valence-electron chi connectivity index (χ3n) is 3.29. The maximum absolute atomic E-state index is 12.2. The van der Waals surface area contributed by atoms with Crippen molar-refractivity contribution in [1.29, 1.82) is 0 Å². The number of rotatable bonds is 3. The predicted molar refractivity (Wildman–Crippen MR) is 77.7 cm³/mol. The molecule has 0 aromatic carbocycles.